The normalized spacial score (nSPS) is 11.3. The zero-order chi connectivity index (χ0) is 13.8. The molecule has 0 fully saturated rings. The molecule has 0 amide bonds. The molecule has 0 aliphatic rings. The van der Waals surface area contributed by atoms with E-state index in [9.17, 15) is 0 Å². The van der Waals surface area contributed by atoms with Gasteiger partial charge in [0.25, 0.3) is 0 Å². The molecule has 0 saturated carbocycles. The summed E-state index contributed by atoms with van der Waals surface area (Å²) in [5.41, 5.74) is 0. The third-order valence-electron chi connectivity index (χ3n) is 3.06. The van der Waals surface area contributed by atoms with E-state index in [0.29, 0.717) is 0 Å². The van der Waals surface area contributed by atoms with Crippen LogP contribution in [-0.2, 0) is 19.5 Å². The summed E-state index contributed by atoms with van der Waals surface area (Å²) >= 11 is 0. The molecule has 2 rings (SSSR count). The Kier molecular flexibility index (Phi) is 7.42. The Labute approximate surface area is 133 Å². The van der Waals surface area contributed by atoms with Crippen LogP contribution in [0.25, 0.3) is 0 Å². The fourth-order valence-electron chi connectivity index (χ4n) is 1.75. The van der Waals surface area contributed by atoms with Crippen molar-refractivity contribution >= 4 is 26.5 Å². The van der Waals surface area contributed by atoms with Crippen LogP contribution in [0.1, 0.15) is 0 Å². The van der Waals surface area contributed by atoms with Gasteiger partial charge in [0.2, 0.25) is 0 Å². The van der Waals surface area contributed by atoms with Gasteiger partial charge in [-0.05, 0) is 0 Å². The first-order valence-corrected chi connectivity index (χ1v) is 13.7. The van der Waals surface area contributed by atoms with E-state index < -0.39 is 16.1 Å². The second kappa shape index (κ2) is 7.52. The average molecular weight is 376 g/mol. The topological polar surface area (TPSA) is 0 Å². The van der Waals surface area contributed by atoms with Crippen LogP contribution in [-0.4, -0.2) is 16.1 Å². The van der Waals surface area contributed by atoms with Gasteiger partial charge in [-0.2, -0.15) is 34.6 Å². The van der Waals surface area contributed by atoms with Crippen molar-refractivity contribution in [2.75, 3.05) is 0 Å². The molecule has 0 saturated heterocycles. The Bertz CT molecular complexity index is 384. The molecule has 3 heteroatoms. The van der Waals surface area contributed by atoms with Crippen LogP contribution in [0.4, 0.5) is 0 Å². The Morgan fingerprint density at radius 1 is 0.526 bits per heavy atom. The molecular weight excluding hydrogens is 349 g/mol. The van der Waals surface area contributed by atoms with Gasteiger partial charge in [0.05, 0.1) is 0 Å². The molecule has 106 valence electrons. The number of rotatable bonds is 2. The molecular formula is C16H26RuSi2. The van der Waals surface area contributed by atoms with Gasteiger partial charge in [-0.25, -0.2) is 24.3 Å². The molecule has 0 aliphatic carbocycles. The van der Waals surface area contributed by atoms with E-state index >= 15 is 0 Å². The van der Waals surface area contributed by atoms with Crippen LogP contribution in [0.5, 0.6) is 0 Å². The van der Waals surface area contributed by atoms with Gasteiger partial charge in [0, 0.05) is 16.1 Å². The summed E-state index contributed by atoms with van der Waals surface area (Å²) in [5, 5.41) is 3.12. The molecule has 0 heterocycles. The first-order valence-electron chi connectivity index (χ1n) is 6.65. The van der Waals surface area contributed by atoms with Gasteiger partial charge >= 0.3 is 19.5 Å². The van der Waals surface area contributed by atoms with E-state index in [1.165, 1.54) is 0 Å². The van der Waals surface area contributed by atoms with Crippen LogP contribution >= 0.6 is 0 Å². The second-order valence-corrected chi connectivity index (χ2v) is 17.0. The predicted molar refractivity (Wildman–Crippen MR) is 90.0 cm³/mol. The minimum Gasteiger partial charge on any atom is -0.214 e. The summed E-state index contributed by atoms with van der Waals surface area (Å²) < 4.78 is 0. The van der Waals surface area contributed by atoms with Gasteiger partial charge < -0.3 is 0 Å². The van der Waals surface area contributed by atoms with E-state index in [1.807, 2.05) is 0 Å². The second-order valence-electron chi connectivity index (χ2n) is 6.85. The standard InChI is InChI=1S/2C8H13Si.Ru/c2*1-9(2,3)8-6-4-5-7-8;/h2*4-7H,1-3H3;/q2*-1;+2. The zero-order valence-corrected chi connectivity index (χ0v) is 16.7. The zero-order valence-electron chi connectivity index (χ0n) is 13.0. The molecule has 2 aromatic rings. The minimum atomic E-state index is -0.981. The maximum atomic E-state index is 2.36. The molecule has 0 nitrogen and oxygen atoms in total. The van der Waals surface area contributed by atoms with Crippen molar-refractivity contribution in [2.45, 2.75) is 39.3 Å². The summed E-state index contributed by atoms with van der Waals surface area (Å²) in [6, 6.07) is 17.4. The van der Waals surface area contributed by atoms with Gasteiger partial charge in [-0.1, -0.05) is 39.3 Å². The quantitative estimate of drug-likeness (QED) is 0.552. The average Bonchev–Trinajstić information content (AvgIpc) is 2.91. The molecule has 0 spiro atoms. The first-order chi connectivity index (χ1) is 8.21. The SMILES string of the molecule is C[Si](C)(C)[c-]1cccc1.C[Si](C)(C)[c-]1cccc1.[Ru+2]. The summed E-state index contributed by atoms with van der Waals surface area (Å²) in [6.45, 7) is 14.2. The molecule has 0 atom stereocenters. The molecule has 0 aromatic heterocycles. The third-order valence-corrected chi connectivity index (χ3v) is 7.19. The Hall–Kier alpha value is -0.243. The Morgan fingerprint density at radius 3 is 0.842 bits per heavy atom. The van der Waals surface area contributed by atoms with Gasteiger partial charge in [0.15, 0.2) is 0 Å². The molecule has 0 bridgehead atoms. The largest absolute Gasteiger partial charge is 2.00 e. The summed E-state index contributed by atoms with van der Waals surface area (Å²) in [7, 11) is -1.96. The van der Waals surface area contributed by atoms with E-state index in [1.54, 1.807) is 10.4 Å². The van der Waals surface area contributed by atoms with Crippen molar-refractivity contribution in [3.63, 3.8) is 0 Å². The fraction of sp³-hybridized carbons (Fsp3) is 0.375. The summed E-state index contributed by atoms with van der Waals surface area (Å²) in [4.78, 5) is 0. The van der Waals surface area contributed by atoms with Crippen molar-refractivity contribution in [1.29, 1.82) is 0 Å². The molecule has 0 radical (unpaired) electrons. The van der Waals surface area contributed by atoms with Crippen molar-refractivity contribution in [1.82, 2.24) is 0 Å². The monoisotopic (exact) mass is 376 g/mol. The maximum absolute atomic E-state index is 2.36. The van der Waals surface area contributed by atoms with E-state index in [4.69, 9.17) is 0 Å². The van der Waals surface area contributed by atoms with Crippen molar-refractivity contribution in [3.05, 3.63) is 48.5 Å². The third kappa shape index (κ3) is 6.65. The van der Waals surface area contributed by atoms with Crippen LogP contribution in [0.2, 0.25) is 39.3 Å². The van der Waals surface area contributed by atoms with E-state index in [-0.39, 0.29) is 19.5 Å². The Morgan fingerprint density at radius 2 is 0.737 bits per heavy atom. The number of hydrogen-bond donors (Lipinski definition) is 0. The van der Waals surface area contributed by atoms with Crippen LogP contribution in [0.15, 0.2) is 48.5 Å². The summed E-state index contributed by atoms with van der Waals surface area (Å²) in [6.07, 6.45) is 0. The smallest absolute Gasteiger partial charge is 0.214 e. The molecule has 0 unspecified atom stereocenters. The van der Waals surface area contributed by atoms with Crippen LogP contribution < -0.4 is 10.4 Å². The first kappa shape index (κ1) is 18.8. The molecule has 0 N–H and O–H groups in total. The van der Waals surface area contributed by atoms with Crippen molar-refractivity contribution in [3.8, 4) is 0 Å². The Balaban J connectivity index is 0.000000324. The molecule has 0 aliphatic heterocycles. The molecule has 2 aromatic carbocycles. The summed E-state index contributed by atoms with van der Waals surface area (Å²) in [5.74, 6) is 0. The van der Waals surface area contributed by atoms with Gasteiger partial charge in [-0.15, -0.1) is 0 Å². The fourth-order valence-corrected chi connectivity index (χ4v) is 4.13. The van der Waals surface area contributed by atoms with Gasteiger partial charge in [-0.3, -0.25) is 0 Å². The predicted octanol–water partition coefficient (Wildman–Crippen LogP) is 3.90. The number of hydrogen-bond acceptors (Lipinski definition) is 0. The minimum absolute atomic E-state index is 0. The van der Waals surface area contributed by atoms with Crippen molar-refractivity contribution < 1.29 is 19.5 Å². The van der Waals surface area contributed by atoms with Gasteiger partial charge in [0.1, 0.15) is 0 Å². The van der Waals surface area contributed by atoms with Crippen LogP contribution in [0, 0.1) is 0 Å². The maximum Gasteiger partial charge on any atom is 2.00 e. The molecule has 19 heavy (non-hydrogen) atoms. The van der Waals surface area contributed by atoms with E-state index in [0.717, 1.165) is 0 Å². The van der Waals surface area contributed by atoms with Crippen LogP contribution in [0.3, 0.4) is 0 Å². The van der Waals surface area contributed by atoms with Crippen molar-refractivity contribution in [2.24, 2.45) is 0 Å². The van der Waals surface area contributed by atoms with E-state index in [2.05, 4.69) is 87.8 Å².